The van der Waals surface area contributed by atoms with Crippen LogP contribution < -0.4 is 5.32 Å². The van der Waals surface area contributed by atoms with Crippen LogP contribution in [-0.2, 0) is 16.1 Å². The molecule has 1 aromatic carbocycles. The number of benzene rings is 1. The number of para-hydroxylation sites is 1. The molecule has 1 fully saturated rings. The largest absolute Gasteiger partial charge is 0.406 e. The fourth-order valence-electron chi connectivity index (χ4n) is 2.50. The SMILES string of the molecule is O=C(Nc1nc2c(Cl)cccc2n1CC(F)(F)F)C1CCOC1. The maximum Gasteiger partial charge on any atom is 0.406 e. The molecule has 0 bridgehead atoms. The summed E-state index contributed by atoms with van der Waals surface area (Å²) < 4.78 is 44.6. The number of amides is 1. The van der Waals surface area contributed by atoms with Gasteiger partial charge in [-0.25, -0.2) is 4.98 Å². The molecule has 124 valence electrons. The Bertz CT molecular complexity index is 739. The molecule has 0 spiro atoms. The fourth-order valence-corrected chi connectivity index (χ4v) is 2.71. The molecule has 2 heterocycles. The Kier molecular flexibility index (Phi) is 4.20. The first-order valence-electron chi connectivity index (χ1n) is 6.95. The Morgan fingerprint density at radius 3 is 2.91 bits per heavy atom. The van der Waals surface area contributed by atoms with Crippen molar-refractivity contribution in [2.45, 2.75) is 19.1 Å². The van der Waals surface area contributed by atoms with Gasteiger partial charge in [-0.1, -0.05) is 17.7 Å². The molecular weight excluding hydrogens is 335 g/mol. The van der Waals surface area contributed by atoms with Crippen molar-refractivity contribution in [1.29, 1.82) is 0 Å². The molecule has 1 aliphatic heterocycles. The van der Waals surface area contributed by atoms with Crippen LogP contribution in [0.25, 0.3) is 11.0 Å². The summed E-state index contributed by atoms with van der Waals surface area (Å²) in [5.74, 6) is -0.954. The minimum Gasteiger partial charge on any atom is -0.381 e. The molecule has 1 atom stereocenters. The lowest BCUT2D eigenvalue weighted by molar-refractivity contribution is -0.139. The number of nitrogens with one attached hydrogen (secondary N) is 1. The standard InChI is InChI=1S/C14H13ClF3N3O2/c15-9-2-1-3-10-11(9)19-13(21(10)7-14(16,17)18)20-12(22)8-4-5-23-6-8/h1-3,8H,4-7H2,(H,19,20,22). The van der Waals surface area contributed by atoms with Gasteiger partial charge >= 0.3 is 6.18 Å². The van der Waals surface area contributed by atoms with Crippen LogP contribution in [0, 0.1) is 5.92 Å². The van der Waals surface area contributed by atoms with Gasteiger partial charge in [-0.2, -0.15) is 13.2 Å². The van der Waals surface area contributed by atoms with E-state index in [2.05, 4.69) is 10.3 Å². The third-order valence-electron chi connectivity index (χ3n) is 3.60. The van der Waals surface area contributed by atoms with E-state index in [0.717, 1.165) is 4.57 Å². The van der Waals surface area contributed by atoms with Gasteiger partial charge in [0, 0.05) is 6.61 Å². The van der Waals surface area contributed by atoms with Gasteiger partial charge < -0.3 is 9.30 Å². The number of fused-ring (bicyclic) bond motifs is 1. The summed E-state index contributed by atoms with van der Waals surface area (Å²) in [4.78, 5) is 16.2. The average Bonchev–Trinajstić information content (AvgIpc) is 3.08. The molecule has 1 amide bonds. The maximum absolute atomic E-state index is 12.9. The molecule has 5 nitrogen and oxygen atoms in total. The molecular formula is C14H13ClF3N3O2. The van der Waals surface area contributed by atoms with Crippen molar-refractivity contribution >= 4 is 34.5 Å². The highest BCUT2D eigenvalue weighted by Gasteiger charge is 2.32. The Labute approximate surface area is 134 Å². The number of nitrogens with zero attached hydrogens (tertiary/aromatic N) is 2. The van der Waals surface area contributed by atoms with Crippen LogP contribution >= 0.6 is 11.6 Å². The first-order valence-corrected chi connectivity index (χ1v) is 7.33. The van der Waals surface area contributed by atoms with E-state index in [1.165, 1.54) is 18.2 Å². The molecule has 2 aromatic rings. The second-order valence-corrected chi connectivity index (χ2v) is 5.70. The second kappa shape index (κ2) is 6.01. The number of imidazole rings is 1. The topological polar surface area (TPSA) is 56.2 Å². The van der Waals surface area contributed by atoms with Crippen molar-refractivity contribution < 1.29 is 22.7 Å². The molecule has 1 saturated heterocycles. The monoisotopic (exact) mass is 347 g/mol. The van der Waals surface area contributed by atoms with Crippen molar-refractivity contribution in [2.75, 3.05) is 18.5 Å². The zero-order chi connectivity index (χ0) is 16.6. The van der Waals surface area contributed by atoms with Crippen LogP contribution in [-0.4, -0.2) is 34.8 Å². The Morgan fingerprint density at radius 2 is 2.26 bits per heavy atom. The number of anilines is 1. The Hall–Kier alpha value is -1.80. The van der Waals surface area contributed by atoms with Gasteiger partial charge in [-0.05, 0) is 18.6 Å². The van der Waals surface area contributed by atoms with Gasteiger partial charge in [0.25, 0.3) is 0 Å². The number of hydrogen-bond acceptors (Lipinski definition) is 3. The maximum atomic E-state index is 12.9. The van der Waals surface area contributed by atoms with Crippen LogP contribution in [0.2, 0.25) is 5.02 Å². The van der Waals surface area contributed by atoms with Gasteiger partial charge in [0.2, 0.25) is 11.9 Å². The lowest BCUT2D eigenvalue weighted by Gasteiger charge is -2.13. The molecule has 0 aliphatic carbocycles. The second-order valence-electron chi connectivity index (χ2n) is 5.29. The van der Waals surface area contributed by atoms with Gasteiger partial charge in [0.05, 0.1) is 23.1 Å². The predicted molar refractivity (Wildman–Crippen MR) is 78.4 cm³/mol. The molecule has 0 saturated carbocycles. The van der Waals surface area contributed by atoms with Crippen molar-refractivity contribution in [2.24, 2.45) is 5.92 Å². The fraction of sp³-hybridized carbons (Fsp3) is 0.429. The van der Waals surface area contributed by atoms with E-state index in [-0.39, 0.29) is 34.5 Å². The summed E-state index contributed by atoms with van der Waals surface area (Å²) in [6, 6.07) is 4.55. The predicted octanol–water partition coefficient (Wildman–Crippen LogP) is 3.23. The molecule has 3 rings (SSSR count). The lowest BCUT2D eigenvalue weighted by Crippen LogP contribution is -2.26. The van der Waals surface area contributed by atoms with E-state index in [0.29, 0.717) is 13.0 Å². The third-order valence-corrected chi connectivity index (χ3v) is 3.91. The summed E-state index contributed by atoms with van der Waals surface area (Å²) in [5, 5.41) is 2.69. The van der Waals surface area contributed by atoms with Gasteiger partial charge in [0.15, 0.2) is 0 Å². The smallest absolute Gasteiger partial charge is 0.381 e. The number of aromatic nitrogens is 2. The number of rotatable bonds is 3. The molecule has 1 N–H and O–H groups in total. The summed E-state index contributed by atoms with van der Waals surface area (Å²) in [6.45, 7) is -0.546. The van der Waals surface area contributed by atoms with E-state index >= 15 is 0 Å². The van der Waals surface area contributed by atoms with Gasteiger partial charge in [-0.15, -0.1) is 0 Å². The summed E-state index contributed by atoms with van der Waals surface area (Å²) in [6.07, 6.45) is -3.92. The normalized spacial score (nSPS) is 18.5. The number of halogens is 4. The van der Waals surface area contributed by atoms with Crippen molar-refractivity contribution in [3.05, 3.63) is 23.2 Å². The van der Waals surface area contributed by atoms with Crippen molar-refractivity contribution in [3.63, 3.8) is 0 Å². The van der Waals surface area contributed by atoms with Crippen LogP contribution in [0.15, 0.2) is 18.2 Å². The molecule has 1 unspecified atom stereocenters. The summed E-state index contributed by atoms with van der Waals surface area (Å²) >= 11 is 5.99. The molecule has 9 heteroatoms. The average molecular weight is 348 g/mol. The first kappa shape index (κ1) is 16.1. The zero-order valence-electron chi connectivity index (χ0n) is 11.9. The summed E-state index contributed by atoms with van der Waals surface area (Å²) in [7, 11) is 0. The van der Waals surface area contributed by atoms with E-state index in [9.17, 15) is 18.0 Å². The molecule has 0 radical (unpaired) electrons. The van der Waals surface area contributed by atoms with E-state index in [1.807, 2.05) is 0 Å². The number of carbonyl (C=O) groups excluding carboxylic acids is 1. The van der Waals surface area contributed by atoms with E-state index in [4.69, 9.17) is 16.3 Å². The van der Waals surface area contributed by atoms with Crippen molar-refractivity contribution in [3.8, 4) is 0 Å². The minimum absolute atomic E-state index is 0.165. The number of carbonyl (C=O) groups is 1. The first-order chi connectivity index (χ1) is 10.8. The molecule has 23 heavy (non-hydrogen) atoms. The van der Waals surface area contributed by atoms with E-state index < -0.39 is 18.6 Å². The molecule has 1 aromatic heterocycles. The van der Waals surface area contributed by atoms with Gasteiger partial charge in [-0.3, -0.25) is 10.1 Å². The Morgan fingerprint density at radius 1 is 1.48 bits per heavy atom. The van der Waals surface area contributed by atoms with Crippen molar-refractivity contribution in [1.82, 2.24) is 9.55 Å². The van der Waals surface area contributed by atoms with Gasteiger partial charge in [0.1, 0.15) is 12.1 Å². The van der Waals surface area contributed by atoms with E-state index in [1.54, 1.807) is 0 Å². The summed E-state index contributed by atoms with van der Waals surface area (Å²) in [5.41, 5.74) is 0.434. The van der Waals surface area contributed by atoms with Crippen LogP contribution in [0.1, 0.15) is 6.42 Å². The van der Waals surface area contributed by atoms with Crippen LogP contribution in [0.4, 0.5) is 19.1 Å². The quantitative estimate of drug-likeness (QED) is 0.927. The van der Waals surface area contributed by atoms with Crippen LogP contribution in [0.5, 0.6) is 0 Å². The zero-order valence-corrected chi connectivity index (χ0v) is 12.6. The minimum atomic E-state index is -4.45. The highest BCUT2D eigenvalue weighted by molar-refractivity contribution is 6.35. The highest BCUT2D eigenvalue weighted by atomic mass is 35.5. The number of ether oxygens (including phenoxy) is 1. The van der Waals surface area contributed by atoms with Crippen LogP contribution in [0.3, 0.4) is 0 Å². The highest BCUT2D eigenvalue weighted by Crippen LogP contribution is 2.30. The number of alkyl halides is 3. The Balaban J connectivity index is 1.98. The lowest BCUT2D eigenvalue weighted by atomic mass is 10.1. The number of hydrogen-bond donors (Lipinski definition) is 1. The third kappa shape index (κ3) is 3.42. The molecule has 1 aliphatic rings.